The maximum atomic E-state index is 5.47. The minimum absolute atomic E-state index is 0.928. The van der Waals surface area contributed by atoms with Crippen LogP contribution in [-0.2, 0) is 6.54 Å². The van der Waals surface area contributed by atoms with Crippen LogP contribution < -0.4 is 10.1 Å². The van der Waals surface area contributed by atoms with Gasteiger partial charge in [-0.05, 0) is 23.3 Å². The predicted molar refractivity (Wildman–Crippen MR) is 86.6 cm³/mol. The summed E-state index contributed by atoms with van der Waals surface area (Å²) in [5, 5.41) is 3.39. The second-order valence-corrected chi connectivity index (χ2v) is 5.43. The van der Waals surface area contributed by atoms with Crippen molar-refractivity contribution < 1.29 is 4.74 Å². The molecule has 110 valence electrons. The molecule has 21 heavy (non-hydrogen) atoms. The monoisotopic (exact) mass is 282 g/mol. The van der Waals surface area contributed by atoms with Crippen LogP contribution in [0.15, 0.2) is 48.5 Å². The highest BCUT2D eigenvalue weighted by Gasteiger charge is 2.11. The fourth-order valence-corrected chi connectivity index (χ4v) is 2.85. The van der Waals surface area contributed by atoms with Crippen LogP contribution in [0, 0.1) is 0 Å². The molecule has 0 aliphatic carbocycles. The van der Waals surface area contributed by atoms with Gasteiger partial charge in [0, 0.05) is 38.3 Å². The number of piperazine rings is 1. The molecule has 3 heteroatoms. The standard InChI is InChI=1S/C18H22N2O/c1-21-18-8-3-2-7-17(18)16-6-4-5-15(13-16)14-20-11-9-19-10-12-20/h2-8,13,19H,9-12,14H2,1H3. The van der Waals surface area contributed by atoms with Crippen LogP contribution in [0.2, 0.25) is 0 Å². The number of hydrogen-bond donors (Lipinski definition) is 1. The van der Waals surface area contributed by atoms with E-state index in [1.807, 2.05) is 12.1 Å². The lowest BCUT2D eigenvalue weighted by Crippen LogP contribution is -2.42. The maximum Gasteiger partial charge on any atom is 0.126 e. The lowest BCUT2D eigenvalue weighted by atomic mass is 10.0. The van der Waals surface area contributed by atoms with Crippen LogP contribution in [0.1, 0.15) is 5.56 Å². The molecule has 0 bridgehead atoms. The number of methoxy groups -OCH3 is 1. The summed E-state index contributed by atoms with van der Waals surface area (Å²) in [6.07, 6.45) is 0. The quantitative estimate of drug-likeness (QED) is 0.933. The summed E-state index contributed by atoms with van der Waals surface area (Å²) >= 11 is 0. The number of hydrogen-bond acceptors (Lipinski definition) is 3. The molecule has 1 aliphatic rings. The molecule has 0 unspecified atom stereocenters. The minimum atomic E-state index is 0.928. The fourth-order valence-electron chi connectivity index (χ4n) is 2.85. The third-order valence-electron chi connectivity index (χ3n) is 3.96. The van der Waals surface area contributed by atoms with E-state index in [0.29, 0.717) is 0 Å². The number of para-hydroxylation sites is 1. The SMILES string of the molecule is COc1ccccc1-c1cccc(CN2CCNCC2)c1. The molecule has 3 nitrogen and oxygen atoms in total. The predicted octanol–water partition coefficient (Wildman–Crippen LogP) is 2.77. The molecule has 1 fully saturated rings. The molecule has 0 radical (unpaired) electrons. The van der Waals surface area contributed by atoms with Crippen molar-refractivity contribution in [3.63, 3.8) is 0 Å². The smallest absolute Gasteiger partial charge is 0.126 e. The number of benzene rings is 2. The van der Waals surface area contributed by atoms with Crippen LogP contribution in [0.5, 0.6) is 5.75 Å². The Hall–Kier alpha value is -1.84. The molecular formula is C18H22N2O. The Morgan fingerprint density at radius 3 is 2.67 bits per heavy atom. The lowest BCUT2D eigenvalue weighted by molar-refractivity contribution is 0.233. The van der Waals surface area contributed by atoms with E-state index >= 15 is 0 Å². The van der Waals surface area contributed by atoms with Crippen LogP contribution in [0.25, 0.3) is 11.1 Å². The largest absolute Gasteiger partial charge is 0.496 e. The lowest BCUT2D eigenvalue weighted by Gasteiger charge is -2.27. The van der Waals surface area contributed by atoms with E-state index in [-0.39, 0.29) is 0 Å². The van der Waals surface area contributed by atoms with Crippen molar-refractivity contribution in [1.29, 1.82) is 0 Å². The van der Waals surface area contributed by atoms with Crippen molar-refractivity contribution in [1.82, 2.24) is 10.2 Å². The zero-order valence-electron chi connectivity index (χ0n) is 12.5. The Labute approximate surface area is 126 Å². The van der Waals surface area contributed by atoms with Crippen molar-refractivity contribution >= 4 is 0 Å². The van der Waals surface area contributed by atoms with Gasteiger partial charge in [-0.3, -0.25) is 4.90 Å². The van der Waals surface area contributed by atoms with Gasteiger partial charge in [-0.25, -0.2) is 0 Å². The highest BCUT2D eigenvalue weighted by atomic mass is 16.5. The van der Waals surface area contributed by atoms with Crippen molar-refractivity contribution in [2.45, 2.75) is 6.54 Å². The Morgan fingerprint density at radius 1 is 1.05 bits per heavy atom. The van der Waals surface area contributed by atoms with E-state index in [1.54, 1.807) is 7.11 Å². The highest BCUT2D eigenvalue weighted by Crippen LogP contribution is 2.30. The second kappa shape index (κ2) is 6.74. The Morgan fingerprint density at radius 2 is 1.86 bits per heavy atom. The van der Waals surface area contributed by atoms with Crippen molar-refractivity contribution in [3.05, 3.63) is 54.1 Å². The highest BCUT2D eigenvalue weighted by molar-refractivity contribution is 5.70. The van der Waals surface area contributed by atoms with E-state index < -0.39 is 0 Å². The number of nitrogens with zero attached hydrogens (tertiary/aromatic N) is 1. The Balaban J connectivity index is 1.82. The molecule has 2 aromatic rings. The normalized spacial score (nSPS) is 15.9. The Bertz CT molecular complexity index is 591. The molecule has 0 amide bonds. The van der Waals surface area contributed by atoms with Gasteiger partial charge in [0.05, 0.1) is 7.11 Å². The van der Waals surface area contributed by atoms with Gasteiger partial charge in [-0.15, -0.1) is 0 Å². The summed E-state index contributed by atoms with van der Waals surface area (Å²) in [5.41, 5.74) is 3.74. The topological polar surface area (TPSA) is 24.5 Å². The third kappa shape index (κ3) is 3.43. The van der Waals surface area contributed by atoms with E-state index in [9.17, 15) is 0 Å². The zero-order valence-corrected chi connectivity index (χ0v) is 12.5. The van der Waals surface area contributed by atoms with E-state index in [2.05, 4.69) is 46.6 Å². The van der Waals surface area contributed by atoms with Gasteiger partial charge in [0.1, 0.15) is 5.75 Å². The summed E-state index contributed by atoms with van der Waals surface area (Å²) in [6, 6.07) is 17.0. The summed E-state index contributed by atoms with van der Waals surface area (Å²) in [5.74, 6) is 0.928. The first-order valence-electron chi connectivity index (χ1n) is 7.52. The van der Waals surface area contributed by atoms with Gasteiger partial charge < -0.3 is 10.1 Å². The molecule has 3 rings (SSSR count). The van der Waals surface area contributed by atoms with Crippen molar-refractivity contribution in [3.8, 4) is 16.9 Å². The molecule has 0 aromatic heterocycles. The average molecular weight is 282 g/mol. The van der Waals surface area contributed by atoms with Crippen LogP contribution in [0.4, 0.5) is 0 Å². The van der Waals surface area contributed by atoms with Gasteiger partial charge in [0.25, 0.3) is 0 Å². The molecule has 0 saturated carbocycles. The molecule has 0 spiro atoms. The zero-order chi connectivity index (χ0) is 14.5. The van der Waals surface area contributed by atoms with E-state index in [0.717, 1.165) is 44.0 Å². The summed E-state index contributed by atoms with van der Waals surface area (Å²) in [4.78, 5) is 2.50. The molecule has 1 saturated heterocycles. The number of ether oxygens (including phenoxy) is 1. The average Bonchev–Trinajstić information content (AvgIpc) is 2.56. The van der Waals surface area contributed by atoms with Crippen LogP contribution >= 0.6 is 0 Å². The first kappa shape index (κ1) is 14.1. The number of rotatable bonds is 4. The van der Waals surface area contributed by atoms with E-state index in [1.165, 1.54) is 11.1 Å². The van der Waals surface area contributed by atoms with Gasteiger partial charge in [0.2, 0.25) is 0 Å². The van der Waals surface area contributed by atoms with Crippen molar-refractivity contribution in [2.24, 2.45) is 0 Å². The summed E-state index contributed by atoms with van der Waals surface area (Å²) in [6.45, 7) is 5.45. The van der Waals surface area contributed by atoms with Crippen molar-refractivity contribution in [2.75, 3.05) is 33.3 Å². The molecular weight excluding hydrogens is 260 g/mol. The Kier molecular flexibility index (Phi) is 4.53. The fraction of sp³-hybridized carbons (Fsp3) is 0.333. The van der Waals surface area contributed by atoms with E-state index in [4.69, 9.17) is 4.74 Å². The van der Waals surface area contributed by atoms with Gasteiger partial charge in [-0.2, -0.15) is 0 Å². The molecule has 1 aliphatic heterocycles. The van der Waals surface area contributed by atoms with Gasteiger partial charge >= 0.3 is 0 Å². The molecule has 1 heterocycles. The van der Waals surface area contributed by atoms with Crippen LogP contribution in [-0.4, -0.2) is 38.2 Å². The molecule has 1 N–H and O–H groups in total. The first-order valence-corrected chi connectivity index (χ1v) is 7.52. The van der Waals surface area contributed by atoms with Gasteiger partial charge in [-0.1, -0.05) is 36.4 Å². The minimum Gasteiger partial charge on any atom is -0.496 e. The number of nitrogens with one attached hydrogen (secondary N) is 1. The second-order valence-electron chi connectivity index (χ2n) is 5.43. The van der Waals surface area contributed by atoms with Crippen LogP contribution in [0.3, 0.4) is 0 Å². The summed E-state index contributed by atoms with van der Waals surface area (Å²) < 4.78 is 5.47. The first-order chi connectivity index (χ1) is 10.4. The third-order valence-corrected chi connectivity index (χ3v) is 3.96. The molecule has 0 atom stereocenters. The summed E-state index contributed by atoms with van der Waals surface area (Å²) in [7, 11) is 1.73. The van der Waals surface area contributed by atoms with Gasteiger partial charge in [0.15, 0.2) is 0 Å². The maximum absolute atomic E-state index is 5.47. The molecule has 2 aromatic carbocycles.